The predicted molar refractivity (Wildman–Crippen MR) is 115 cm³/mol. The first-order valence-corrected chi connectivity index (χ1v) is 11.3. The van der Waals surface area contributed by atoms with E-state index in [4.69, 9.17) is 4.84 Å². The molecular formula is C24H38N2O3. The molecule has 5 heteroatoms. The molecule has 0 bridgehead atoms. The number of rotatable bonds is 7. The number of aliphatic hydroxyl groups excluding tert-OH is 1. The largest absolute Gasteiger partial charge is 0.392 e. The summed E-state index contributed by atoms with van der Waals surface area (Å²) in [4.78, 5) is 20.7. The van der Waals surface area contributed by atoms with Crippen LogP contribution in [0.15, 0.2) is 30.3 Å². The molecule has 1 amide bonds. The maximum Gasteiger partial charge on any atom is 0.260 e. The van der Waals surface area contributed by atoms with Gasteiger partial charge in [0.2, 0.25) is 0 Å². The standard InChI is InChI=1S/C24H38N2O3/c1-24(2,3)29-25-23(28)22-15-19-11-7-8-12-20(19)16-26(22)17-21(27)14-13-18-9-5-4-6-10-18/h4-6,9-10,19-22,27H,7-8,11-17H2,1-3H3,(H,25,28)/t19-,20+,21?,22-/m0/s1. The maximum absolute atomic E-state index is 12.9. The first-order chi connectivity index (χ1) is 13.8. The number of hydrogen-bond acceptors (Lipinski definition) is 4. The summed E-state index contributed by atoms with van der Waals surface area (Å²) in [6, 6.07) is 10.1. The van der Waals surface area contributed by atoms with E-state index >= 15 is 0 Å². The second-order valence-corrected chi connectivity index (χ2v) is 9.87. The lowest BCUT2D eigenvalue weighted by atomic mass is 9.72. The van der Waals surface area contributed by atoms with Crippen LogP contribution in [0.4, 0.5) is 0 Å². The number of likely N-dealkylation sites (tertiary alicyclic amines) is 1. The number of hydrogen-bond donors (Lipinski definition) is 2. The minimum absolute atomic E-state index is 0.0702. The van der Waals surface area contributed by atoms with Gasteiger partial charge in [-0.1, -0.05) is 49.6 Å². The number of benzene rings is 1. The molecule has 1 aromatic rings. The van der Waals surface area contributed by atoms with Crippen LogP contribution in [0.2, 0.25) is 0 Å². The van der Waals surface area contributed by atoms with Gasteiger partial charge in [-0.2, -0.15) is 0 Å². The minimum Gasteiger partial charge on any atom is -0.392 e. The van der Waals surface area contributed by atoms with E-state index in [1.165, 1.54) is 31.2 Å². The number of β-amino-alcohol motifs (C(OH)–C–C–N with tert-alkyl or cyclic N) is 1. The number of carbonyl (C=O) groups excluding carboxylic acids is 1. The van der Waals surface area contributed by atoms with E-state index < -0.39 is 11.7 Å². The van der Waals surface area contributed by atoms with Crippen LogP contribution in [-0.2, 0) is 16.1 Å². The number of piperidine rings is 1. The highest BCUT2D eigenvalue weighted by Gasteiger charge is 2.40. The van der Waals surface area contributed by atoms with Gasteiger partial charge in [-0.05, 0) is 63.9 Å². The molecule has 29 heavy (non-hydrogen) atoms. The molecule has 1 aromatic carbocycles. The summed E-state index contributed by atoms with van der Waals surface area (Å²) in [5, 5.41) is 10.7. The average molecular weight is 403 g/mol. The Balaban J connectivity index is 1.60. The lowest BCUT2D eigenvalue weighted by molar-refractivity contribution is -0.155. The molecule has 5 nitrogen and oxygen atoms in total. The summed E-state index contributed by atoms with van der Waals surface area (Å²) in [6.45, 7) is 7.23. The Morgan fingerprint density at radius 2 is 1.90 bits per heavy atom. The van der Waals surface area contributed by atoms with Gasteiger partial charge in [0.25, 0.3) is 5.91 Å². The Morgan fingerprint density at radius 1 is 1.21 bits per heavy atom. The minimum atomic E-state index is -0.436. The SMILES string of the molecule is CC(C)(C)ONC(=O)[C@@H]1C[C@@H]2CCCC[C@@H]2CN1CC(O)CCc1ccccc1. The second kappa shape index (κ2) is 10.1. The summed E-state index contributed by atoms with van der Waals surface area (Å²) < 4.78 is 0. The van der Waals surface area contributed by atoms with Gasteiger partial charge < -0.3 is 5.11 Å². The average Bonchev–Trinajstić information content (AvgIpc) is 2.70. The summed E-state index contributed by atoms with van der Waals surface area (Å²) in [7, 11) is 0. The summed E-state index contributed by atoms with van der Waals surface area (Å²) in [6.07, 6.45) is 7.02. The van der Waals surface area contributed by atoms with Gasteiger partial charge in [0.15, 0.2) is 0 Å². The quantitative estimate of drug-likeness (QED) is 0.683. The number of aliphatic hydroxyl groups is 1. The van der Waals surface area contributed by atoms with Crippen LogP contribution in [0.25, 0.3) is 0 Å². The predicted octanol–water partition coefficient (Wildman–Crippen LogP) is 3.71. The van der Waals surface area contributed by atoms with Crippen LogP contribution < -0.4 is 5.48 Å². The lowest BCUT2D eigenvalue weighted by Crippen LogP contribution is -2.57. The molecule has 1 saturated heterocycles. The Hall–Kier alpha value is -1.43. The third kappa shape index (κ3) is 6.80. The molecular weight excluding hydrogens is 364 g/mol. The summed E-state index contributed by atoms with van der Waals surface area (Å²) in [5.74, 6) is 1.20. The van der Waals surface area contributed by atoms with Crippen molar-refractivity contribution in [2.45, 2.75) is 83.5 Å². The van der Waals surface area contributed by atoms with Crippen molar-refractivity contribution in [2.24, 2.45) is 11.8 Å². The van der Waals surface area contributed by atoms with Gasteiger partial charge in [-0.3, -0.25) is 14.5 Å². The van der Waals surface area contributed by atoms with Crippen LogP contribution in [-0.4, -0.2) is 46.7 Å². The van der Waals surface area contributed by atoms with E-state index in [9.17, 15) is 9.90 Å². The number of carbonyl (C=O) groups is 1. The smallest absolute Gasteiger partial charge is 0.260 e. The zero-order valence-electron chi connectivity index (χ0n) is 18.3. The van der Waals surface area contributed by atoms with Crippen molar-refractivity contribution in [3.8, 4) is 0 Å². The van der Waals surface area contributed by atoms with Crippen molar-refractivity contribution in [3.05, 3.63) is 35.9 Å². The molecule has 1 aliphatic carbocycles. The second-order valence-electron chi connectivity index (χ2n) is 9.87. The van der Waals surface area contributed by atoms with Gasteiger partial charge in [0.1, 0.15) is 0 Å². The van der Waals surface area contributed by atoms with E-state index in [0.29, 0.717) is 24.8 Å². The zero-order valence-corrected chi connectivity index (χ0v) is 18.3. The van der Waals surface area contributed by atoms with Crippen molar-refractivity contribution in [1.29, 1.82) is 0 Å². The van der Waals surface area contributed by atoms with Crippen molar-refractivity contribution >= 4 is 5.91 Å². The number of amides is 1. The monoisotopic (exact) mass is 402 g/mol. The van der Waals surface area contributed by atoms with E-state index in [2.05, 4.69) is 22.5 Å². The number of hydroxylamine groups is 1. The van der Waals surface area contributed by atoms with E-state index in [1.807, 2.05) is 39.0 Å². The highest BCUT2D eigenvalue weighted by atomic mass is 16.7. The third-order valence-electron chi connectivity index (χ3n) is 6.32. The van der Waals surface area contributed by atoms with Crippen LogP contribution >= 0.6 is 0 Å². The van der Waals surface area contributed by atoms with Crippen molar-refractivity contribution in [1.82, 2.24) is 10.4 Å². The summed E-state index contributed by atoms with van der Waals surface area (Å²) >= 11 is 0. The van der Waals surface area contributed by atoms with Crippen molar-refractivity contribution in [3.63, 3.8) is 0 Å². The molecule has 0 spiro atoms. The Labute approximate surface area is 175 Å². The zero-order chi connectivity index (χ0) is 20.9. The first-order valence-electron chi connectivity index (χ1n) is 11.3. The molecule has 0 radical (unpaired) electrons. The van der Waals surface area contributed by atoms with E-state index in [0.717, 1.165) is 19.4 Å². The molecule has 4 atom stereocenters. The molecule has 2 fully saturated rings. The normalized spacial score (nSPS) is 26.6. The van der Waals surface area contributed by atoms with Gasteiger partial charge in [-0.15, -0.1) is 0 Å². The Bertz CT molecular complexity index is 643. The molecule has 2 aliphatic rings. The van der Waals surface area contributed by atoms with Crippen LogP contribution in [0.5, 0.6) is 0 Å². The van der Waals surface area contributed by atoms with E-state index in [1.54, 1.807) is 0 Å². The van der Waals surface area contributed by atoms with Crippen LogP contribution in [0.1, 0.15) is 64.9 Å². The number of nitrogens with one attached hydrogen (secondary N) is 1. The van der Waals surface area contributed by atoms with Crippen molar-refractivity contribution < 1.29 is 14.7 Å². The van der Waals surface area contributed by atoms with Crippen LogP contribution in [0, 0.1) is 11.8 Å². The fourth-order valence-corrected chi connectivity index (χ4v) is 4.79. The fourth-order valence-electron chi connectivity index (χ4n) is 4.79. The molecule has 1 heterocycles. The first kappa shape index (κ1) is 22.3. The molecule has 162 valence electrons. The molecule has 2 N–H and O–H groups in total. The molecule has 1 unspecified atom stereocenters. The number of aryl methyl sites for hydroxylation is 1. The van der Waals surface area contributed by atoms with Crippen LogP contribution in [0.3, 0.4) is 0 Å². The fraction of sp³-hybridized carbons (Fsp3) is 0.708. The Kier molecular flexibility index (Phi) is 7.72. The van der Waals surface area contributed by atoms with E-state index in [-0.39, 0.29) is 11.9 Å². The molecule has 1 saturated carbocycles. The topological polar surface area (TPSA) is 61.8 Å². The van der Waals surface area contributed by atoms with Gasteiger partial charge in [-0.25, -0.2) is 5.48 Å². The summed E-state index contributed by atoms with van der Waals surface area (Å²) in [5.41, 5.74) is 3.51. The molecule has 1 aliphatic heterocycles. The maximum atomic E-state index is 12.9. The number of nitrogens with zero attached hydrogens (tertiary/aromatic N) is 1. The highest BCUT2D eigenvalue weighted by molar-refractivity contribution is 5.81. The lowest BCUT2D eigenvalue weighted by Gasteiger charge is -2.46. The molecule has 0 aromatic heterocycles. The van der Waals surface area contributed by atoms with Crippen molar-refractivity contribution in [2.75, 3.05) is 13.1 Å². The number of fused-ring (bicyclic) bond motifs is 1. The highest BCUT2D eigenvalue weighted by Crippen LogP contribution is 2.38. The van der Waals surface area contributed by atoms with Gasteiger partial charge >= 0.3 is 0 Å². The molecule has 3 rings (SSSR count). The Morgan fingerprint density at radius 3 is 2.59 bits per heavy atom. The van der Waals surface area contributed by atoms with Gasteiger partial charge in [0.05, 0.1) is 17.7 Å². The van der Waals surface area contributed by atoms with Gasteiger partial charge in [0, 0.05) is 13.1 Å². The third-order valence-corrected chi connectivity index (χ3v) is 6.32.